The van der Waals surface area contributed by atoms with Crippen molar-refractivity contribution in [3.8, 4) is 11.3 Å². The fourth-order valence-corrected chi connectivity index (χ4v) is 3.63. The van der Waals surface area contributed by atoms with Crippen LogP contribution in [0.5, 0.6) is 0 Å². The van der Waals surface area contributed by atoms with Gasteiger partial charge in [-0.1, -0.05) is 0 Å². The summed E-state index contributed by atoms with van der Waals surface area (Å²) >= 11 is 0. The van der Waals surface area contributed by atoms with Gasteiger partial charge in [-0.25, -0.2) is 0 Å². The second kappa shape index (κ2) is 4.58. The van der Waals surface area contributed by atoms with E-state index in [2.05, 4.69) is 27.0 Å². The average Bonchev–Trinajstić information content (AvgIpc) is 2.48. The average molecular weight is 265 g/mol. The summed E-state index contributed by atoms with van der Waals surface area (Å²) in [5.74, 6) is 0. The Kier molecular flexibility index (Phi) is 2.72. The van der Waals surface area contributed by atoms with E-state index in [1.54, 1.807) is 12.4 Å². The molecular formula is C17H19N3. The maximum atomic E-state index is 4.53. The SMILES string of the molecule is Cc1nccnc1-c1cc2c3c(c1)CCCN3CCC2. The van der Waals surface area contributed by atoms with Gasteiger partial charge in [0, 0.05) is 36.7 Å². The van der Waals surface area contributed by atoms with Crippen LogP contribution in [0, 0.1) is 6.92 Å². The van der Waals surface area contributed by atoms with Crippen LogP contribution in [-0.2, 0) is 12.8 Å². The molecule has 1 aromatic carbocycles. The minimum atomic E-state index is 1.02. The van der Waals surface area contributed by atoms with Gasteiger partial charge in [-0.3, -0.25) is 9.97 Å². The molecule has 2 aliphatic rings. The van der Waals surface area contributed by atoms with Gasteiger partial charge >= 0.3 is 0 Å². The fraction of sp³-hybridized carbons (Fsp3) is 0.412. The van der Waals surface area contributed by atoms with E-state index < -0.39 is 0 Å². The molecule has 3 heteroatoms. The fourth-order valence-electron chi connectivity index (χ4n) is 3.63. The first kappa shape index (κ1) is 11.9. The van der Waals surface area contributed by atoms with Crippen molar-refractivity contribution in [3.05, 3.63) is 41.3 Å². The van der Waals surface area contributed by atoms with E-state index in [0.717, 1.165) is 11.4 Å². The number of aryl methyl sites for hydroxylation is 3. The molecule has 0 atom stereocenters. The Morgan fingerprint density at radius 2 is 1.60 bits per heavy atom. The van der Waals surface area contributed by atoms with Crippen LogP contribution in [0.25, 0.3) is 11.3 Å². The first-order valence-electron chi connectivity index (χ1n) is 7.51. The van der Waals surface area contributed by atoms with E-state index in [1.165, 1.54) is 61.2 Å². The van der Waals surface area contributed by atoms with Crippen molar-refractivity contribution in [1.29, 1.82) is 0 Å². The van der Waals surface area contributed by atoms with Gasteiger partial charge in [-0.15, -0.1) is 0 Å². The summed E-state index contributed by atoms with van der Waals surface area (Å²) in [5, 5.41) is 0. The lowest BCUT2D eigenvalue weighted by Crippen LogP contribution is -2.34. The second-order valence-corrected chi connectivity index (χ2v) is 5.83. The quantitative estimate of drug-likeness (QED) is 0.793. The molecule has 0 radical (unpaired) electrons. The predicted octanol–water partition coefficient (Wildman–Crippen LogP) is 3.15. The molecular weight excluding hydrogens is 246 g/mol. The third-order valence-corrected chi connectivity index (χ3v) is 4.49. The van der Waals surface area contributed by atoms with Gasteiger partial charge in [-0.2, -0.15) is 0 Å². The van der Waals surface area contributed by atoms with E-state index in [1.807, 2.05) is 6.92 Å². The Balaban J connectivity index is 1.90. The number of aromatic nitrogens is 2. The number of anilines is 1. The molecule has 0 saturated carbocycles. The van der Waals surface area contributed by atoms with Crippen molar-refractivity contribution in [1.82, 2.24) is 9.97 Å². The van der Waals surface area contributed by atoms with Gasteiger partial charge in [0.1, 0.15) is 0 Å². The summed E-state index contributed by atoms with van der Waals surface area (Å²) in [5.41, 5.74) is 7.83. The Labute approximate surface area is 119 Å². The normalized spacial score (nSPS) is 16.9. The van der Waals surface area contributed by atoms with Crippen LogP contribution in [0.2, 0.25) is 0 Å². The highest BCUT2D eigenvalue weighted by Crippen LogP contribution is 2.38. The molecule has 0 unspecified atom stereocenters. The topological polar surface area (TPSA) is 29.0 Å². The smallest absolute Gasteiger partial charge is 0.0914 e. The lowest BCUT2D eigenvalue weighted by molar-refractivity contribution is 0.634. The summed E-state index contributed by atoms with van der Waals surface area (Å²) in [4.78, 5) is 11.5. The van der Waals surface area contributed by atoms with Crippen LogP contribution in [0.15, 0.2) is 24.5 Å². The molecule has 3 heterocycles. The predicted molar refractivity (Wildman–Crippen MR) is 81.1 cm³/mol. The van der Waals surface area contributed by atoms with Crippen molar-refractivity contribution in [2.24, 2.45) is 0 Å². The molecule has 0 aliphatic carbocycles. The third-order valence-electron chi connectivity index (χ3n) is 4.49. The van der Waals surface area contributed by atoms with Crippen molar-refractivity contribution >= 4 is 5.69 Å². The molecule has 1 aromatic heterocycles. The lowest BCUT2D eigenvalue weighted by Gasteiger charge is -2.37. The van der Waals surface area contributed by atoms with Crippen LogP contribution < -0.4 is 4.90 Å². The van der Waals surface area contributed by atoms with E-state index in [-0.39, 0.29) is 0 Å². The Morgan fingerprint density at radius 1 is 0.950 bits per heavy atom. The minimum Gasteiger partial charge on any atom is -0.371 e. The van der Waals surface area contributed by atoms with Crippen molar-refractivity contribution in [2.45, 2.75) is 32.6 Å². The summed E-state index contributed by atoms with van der Waals surface area (Å²) in [6, 6.07) is 4.68. The number of nitrogens with zero attached hydrogens (tertiary/aromatic N) is 3. The highest BCUT2D eigenvalue weighted by Gasteiger charge is 2.24. The monoisotopic (exact) mass is 265 g/mol. The van der Waals surface area contributed by atoms with Gasteiger partial charge in [0.2, 0.25) is 0 Å². The van der Waals surface area contributed by atoms with Crippen LogP contribution in [-0.4, -0.2) is 23.1 Å². The number of hydrogen-bond donors (Lipinski definition) is 0. The maximum absolute atomic E-state index is 4.53. The third kappa shape index (κ3) is 1.80. The molecule has 102 valence electrons. The van der Waals surface area contributed by atoms with Crippen LogP contribution in [0.4, 0.5) is 5.69 Å². The zero-order valence-electron chi connectivity index (χ0n) is 11.9. The van der Waals surface area contributed by atoms with Gasteiger partial charge in [0.05, 0.1) is 11.4 Å². The van der Waals surface area contributed by atoms with Crippen molar-refractivity contribution in [3.63, 3.8) is 0 Å². The van der Waals surface area contributed by atoms with E-state index in [4.69, 9.17) is 0 Å². The molecule has 0 N–H and O–H groups in total. The first-order chi connectivity index (χ1) is 9.83. The zero-order chi connectivity index (χ0) is 13.5. The van der Waals surface area contributed by atoms with Gasteiger partial charge < -0.3 is 4.90 Å². The van der Waals surface area contributed by atoms with Crippen LogP contribution in [0.3, 0.4) is 0 Å². The van der Waals surface area contributed by atoms with Crippen molar-refractivity contribution < 1.29 is 0 Å². The zero-order valence-corrected chi connectivity index (χ0v) is 11.9. The molecule has 3 nitrogen and oxygen atoms in total. The molecule has 4 rings (SSSR count). The number of hydrogen-bond acceptors (Lipinski definition) is 3. The summed E-state index contributed by atoms with van der Waals surface area (Å²) < 4.78 is 0. The molecule has 0 amide bonds. The standard InChI is InChI=1S/C17H19N3/c1-12-16(19-7-6-18-12)15-10-13-4-2-8-20-9-3-5-14(11-15)17(13)20/h6-7,10-11H,2-5,8-9H2,1H3. The largest absolute Gasteiger partial charge is 0.371 e. The Bertz CT molecular complexity index is 632. The lowest BCUT2D eigenvalue weighted by atomic mass is 9.89. The van der Waals surface area contributed by atoms with E-state index >= 15 is 0 Å². The van der Waals surface area contributed by atoms with Gasteiger partial charge in [0.25, 0.3) is 0 Å². The molecule has 20 heavy (non-hydrogen) atoms. The molecule has 0 bridgehead atoms. The van der Waals surface area contributed by atoms with Crippen molar-refractivity contribution in [2.75, 3.05) is 18.0 Å². The molecule has 0 fully saturated rings. The summed E-state index contributed by atoms with van der Waals surface area (Å²) in [7, 11) is 0. The first-order valence-corrected chi connectivity index (χ1v) is 7.51. The van der Waals surface area contributed by atoms with Gasteiger partial charge in [-0.05, 0) is 55.9 Å². The van der Waals surface area contributed by atoms with Crippen LogP contribution in [0.1, 0.15) is 29.7 Å². The maximum Gasteiger partial charge on any atom is 0.0914 e. The molecule has 0 saturated heterocycles. The van der Waals surface area contributed by atoms with E-state index in [9.17, 15) is 0 Å². The summed E-state index contributed by atoms with van der Waals surface area (Å²) in [6.07, 6.45) is 8.51. The number of rotatable bonds is 1. The molecule has 2 aromatic rings. The Morgan fingerprint density at radius 3 is 2.25 bits per heavy atom. The second-order valence-electron chi connectivity index (χ2n) is 5.83. The van der Waals surface area contributed by atoms with Crippen LogP contribution >= 0.6 is 0 Å². The Hall–Kier alpha value is -1.90. The highest BCUT2D eigenvalue weighted by molar-refractivity contribution is 5.72. The molecule has 2 aliphatic heterocycles. The molecule has 0 spiro atoms. The van der Waals surface area contributed by atoms with Gasteiger partial charge in [0.15, 0.2) is 0 Å². The highest BCUT2D eigenvalue weighted by atomic mass is 15.1. The number of benzene rings is 1. The minimum absolute atomic E-state index is 1.02. The van der Waals surface area contributed by atoms with E-state index in [0.29, 0.717) is 0 Å². The summed E-state index contributed by atoms with van der Waals surface area (Å²) in [6.45, 7) is 4.49.